The van der Waals surface area contributed by atoms with Gasteiger partial charge < -0.3 is 10.2 Å². The van der Waals surface area contributed by atoms with Crippen molar-refractivity contribution < 1.29 is 18.0 Å². The summed E-state index contributed by atoms with van der Waals surface area (Å²) in [6.45, 7) is 9.11. The van der Waals surface area contributed by atoms with E-state index in [0.717, 1.165) is 27.4 Å². The van der Waals surface area contributed by atoms with Gasteiger partial charge in [0.25, 0.3) is 10.0 Å². The van der Waals surface area contributed by atoms with E-state index in [4.69, 9.17) is 0 Å². The second kappa shape index (κ2) is 12.7. The van der Waals surface area contributed by atoms with Gasteiger partial charge >= 0.3 is 0 Å². The largest absolute Gasteiger partial charge is 0.352 e. The van der Waals surface area contributed by atoms with E-state index in [1.807, 2.05) is 58.0 Å². The molecule has 2 amide bonds. The minimum absolute atomic E-state index is 0.0523. The van der Waals surface area contributed by atoms with Crippen LogP contribution in [0.1, 0.15) is 43.9 Å². The highest BCUT2D eigenvalue weighted by atomic mass is 32.2. The molecule has 7 nitrogen and oxygen atoms in total. The minimum atomic E-state index is -4.06. The first-order valence-corrected chi connectivity index (χ1v) is 14.3. The summed E-state index contributed by atoms with van der Waals surface area (Å²) in [4.78, 5) is 28.5. The molecule has 0 radical (unpaired) electrons. The average molecular weight is 536 g/mol. The van der Waals surface area contributed by atoms with Crippen LogP contribution in [0.15, 0.2) is 83.8 Å². The number of hydrogen-bond acceptors (Lipinski definition) is 4. The molecule has 3 aromatic rings. The molecule has 0 fully saturated rings. The lowest BCUT2D eigenvalue weighted by Gasteiger charge is -2.32. The van der Waals surface area contributed by atoms with Gasteiger partial charge in [-0.15, -0.1) is 0 Å². The number of sulfonamides is 1. The molecule has 0 aliphatic heterocycles. The number of rotatable bonds is 11. The van der Waals surface area contributed by atoms with Gasteiger partial charge in [-0.2, -0.15) is 0 Å². The van der Waals surface area contributed by atoms with Gasteiger partial charge in [0.1, 0.15) is 12.6 Å². The zero-order chi connectivity index (χ0) is 27.9. The predicted molar refractivity (Wildman–Crippen MR) is 151 cm³/mol. The van der Waals surface area contributed by atoms with E-state index < -0.39 is 28.5 Å². The third kappa shape index (κ3) is 7.22. The van der Waals surface area contributed by atoms with Crippen molar-refractivity contribution in [1.82, 2.24) is 10.2 Å². The van der Waals surface area contributed by atoms with Gasteiger partial charge in [-0.05, 0) is 69.5 Å². The van der Waals surface area contributed by atoms with Crippen molar-refractivity contribution in [3.63, 3.8) is 0 Å². The monoisotopic (exact) mass is 535 g/mol. The van der Waals surface area contributed by atoms with Crippen molar-refractivity contribution >= 4 is 27.5 Å². The van der Waals surface area contributed by atoms with Crippen molar-refractivity contribution in [1.29, 1.82) is 0 Å². The summed E-state index contributed by atoms with van der Waals surface area (Å²) >= 11 is 0. The molecule has 0 heterocycles. The molecule has 2 atom stereocenters. The Morgan fingerprint density at radius 3 is 2.13 bits per heavy atom. The van der Waals surface area contributed by atoms with Crippen LogP contribution in [0.2, 0.25) is 0 Å². The van der Waals surface area contributed by atoms with Gasteiger partial charge in [-0.3, -0.25) is 13.9 Å². The summed E-state index contributed by atoms with van der Waals surface area (Å²) in [6.07, 6.45) is 0.751. The fraction of sp³-hybridized carbons (Fsp3) is 0.333. The van der Waals surface area contributed by atoms with Gasteiger partial charge in [0.2, 0.25) is 11.8 Å². The second-order valence-corrected chi connectivity index (χ2v) is 11.5. The number of amides is 2. The molecular weight excluding hydrogens is 498 g/mol. The summed E-state index contributed by atoms with van der Waals surface area (Å²) in [6, 6.07) is 21.9. The maximum Gasteiger partial charge on any atom is 0.264 e. The first kappa shape index (κ1) is 28.9. The van der Waals surface area contributed by atoms with Crippen molar-refractivity contribution in [2.45, 2.75) is 64.6 Å². The number of hydrogen-bond donors (Lipinski definition) is 1. The zero-order valence-electron chi connectivity index (χ0n) is 22.7. The van der Waals surface area contributed by atoms with E-state index in [1.54, 1.807) is 43.3 Å². The highest BCUT2D eigenvalue weighted by molar-refractivity contribution is 7.92. The third-order valence-electron chi connectivity index (χ3n) is 6.54. The second-order valence-electron chi connectivity index (χ2n) is 9.66. The molecular formula is C30H37N3O4S. The van der Waals surface area contributed by atoms with E-state index in [-0.39, 0.29) is 23.4 Å². The van der Waals surface area contributed by atoms with E-state index in [0.29, 0.717) is 5.69 Å². The highest BCUT2D eigenvalue weighted by Crippen LogP contribution is 2.25. The predicted octanol–water partition coefficient (Wildman–Crippen LogP) is 4.83. The molecule has 1 N–H and O–H groups in total. The Kier molecular flexibility index (Phi) is 9.69. The Labute approximate surface area is 226 Å². The van der Waals surface area contributed by atoms with Crippen LogP contribution < -0.4 is 9.62 Å². The Morgan fingerprint density at radius 2 is 1.53 bits per heavy atom. The van der Waals surface area contributed by atoms with Gasteiger partial charge in [-0.1, -0.05) is 67.1 Å². The highest BCUT2D eigenvalue weighted by Gasteiger charge is 2.32. The minimum Gasteiger partial charge on any atom is -0.352 e. The fourth-order valence-corrected chi connectivity index (χ4v) is 5.40. The summed E-state index contributed by atoms with van der Waals surface area (Å²) in [7, 11) is -4.06. The normalized spacial score (nSPS) is 12.9. The van der Waals surface area contributed by atoms with Gasteiger partial charge in [0, 0.05) is 12.6 Å². The van der Waals surface area contributed by atoms with Crippen LogP contribution in [0.25, 0.3) is 0 Å². The van der Waals surface area contributed by atoms with Crippen LogP contribution in [-0.2, 0) is 26.2 Å². The fourth-order valence-electron chi connectivity index (χ4n) is 3.97. The number of nitrogens with one attached hydrogen (secondary N) is 1. The summed E-state index contributed by atoms with van der Waals surface area (Å²) in [5, 5.41) is 2.94. The number of carbonyl (C=O) groups excluding carboxylic acids is 2. The summed E-state index contributed by atoms with van der Waals surface area (Å²) in [5.41, 5.74) is 3.17. The molecule has 3 rings (SSSR count). The molecule has 0 saturated heterocycles. The topological polar surface area (TPSA) is 86.8 Å². The molecule has 38 heavy (non-hydrogen) atoms. The Morgan fingerprint density at radius 1 is 0.868 bits per heavy atom. The summed E-state index contributed by atoms with van der Waals surface area (Å²) in [5.74, 6) is -0.758. The molecule has 3 aromatic carbocycles. The average Bonchev–Trinajstić information content (AvgIpc) is 2.91. The lowest BCUT2D eigenvalue weighted by molar-refractivity contribution is -0.139. The van der Waals surface area contributed by atoms with E-state index in [9.17, 15) is 18.0 Å². The van der Waals surface area contributed by atoms with Crippen LogP contribution in [0.3, 0.4) is 0 Å². The number of nitrogens with zero attached hydrogens (tertiary/aromatic N) is 2. The van der Waals surface area contributed by atoms with E-state index >= 15 is 0 Å². The zero-order valence-corrected chi connectivity index (χ0v) is 23.5. The molecule has 8 heteroatoms. The van der Waals surface area contributed by atoms with Crippen LogP contribution in [0, 0.1) is 13.8 Å². The number of aryl methyl sites for hydroxylation is 2. The maximum atomic E-state index is 13.9. The van der Waals surface area contributed by atoms with Gasteiger partial charge in [0.05, 0.1) is 10.6 Å². The summed E-state index contributed by atoms with van der Waals surface area (Å²) < 4.78 is 28.6. The molecule has 0 saturated carbocycles. The standard InChI is InChI=1S/C30H37N3O4S/c1-6-24(4)31-30(35)25(5)32(20-26-17-15-22(2)16-18-26)29(34)21-33(27-12-10-11-23(3)19-27)38(36,37)28-13-8-7-9-14-28/h7-19,24-25H,6,20-21H2,1-5H3,(H,31,35)/t24-,25-/m0/s1. The van der Waals surface area contributed by atoms with Gasteiger partial charge in [-0.25, -0.2) is 8.42 Å². The van der Waals surface area contributed by atoms with Gasteiger partial charge in [0.15, 0.2) is 0 Å². The quantitative estimate of drug-likeness (QED) is 0.381. The molecule has 0 aromatic heterocycles. The molecule has 0 aliphatic rings. The molecule has 0 unspecified atom stereocenters. The Bertz CT molecular complexity index is 1340. The maximum absolute atomic E-state index is 13.9. The first-order valence-electron chi connectivity index (χ1n) is 12.8. The van der Waals surface area contributed by atoms with Crippen molar-refractivity contribution in [3.05, 3.63) is 95.6 Å². The lowest BCUT2D eigenvalue weighted by atomic mass is 10.1. The molecule has 0 spiro atoms. The number of benzene rings is 3. The SMILES string of the molecule is CC[C@H](C)NC(=O)[C@H](C)N(Cc1ccc(C)cc1)C(=O)CN(c1cccc(C)c1)S(=O)(=O)c1ccccc1. The smallest absolute Gasteiger partial charge is 0.264 e. The molecule has 202 valence electrons. The lowest BCUT2D eigenvalue weighted by Crippen LogP contribution is -2.52. The van der Waals surface area contributed by atoms with Crippen LogP contribution >= 0.6 is 0 Å². The van der Waals surface area contributed by atoms with Crippen molar-refractivity contribution in [3.8, 4) is 0 Å². The van der Waals surface area contributed by atoms with E-state index in [2.05, 4.69) is 5.32 Å². The third-order valence-corrected chi connectivity index (χ3v) is 8.33. The van der Waals surface area contributed by atoms with Crippen molar-refractivity contribution in [2.75, 3.05) is 10.8 Å². The number of carbonyl (C=O) groups is 2. The van der Waals surface area contributed by atoms with Crippen LogP contribution in [0.4, 0.5) is 5.69 Å². The van der Waals surface area contributed by atoms with Crippen LogP contribution in [-0.4, -0.2) is 43.8 Å². The van der Waals surface area contributed by atoms with E-state index in [1.165, 1.54) is 17.0 Å². The van der Waals surface area contributed by atoms with Crippen LogP contribution in [0.5, 0.6) is 0 Å². The van der Waals surface area contributed by atoms with Crippen molar-refractivity contribution in [2.24, 2.45) is 0 Å². The number of anilines is 1. The Hall–Kier alpha value is -3.65. The first-order chi connectivity index (χ1) is 18.0. The Balaban J connectivity index is 2.01. The molecule has 0 bridgehead atoms. The molecule has 0 aliphatic carbocycles.